The van der Waals surface area contributed by atoms with Crippen LogP contribution in [0.4, 0.5) is 22.0 Å². The first-order chi connectivity index (χ1) is 10.2. The molecule has 0 fully saturated rings. The van der Waals surface area contributed by atoms with E-state index < -0.39 is 45.5 Å². The van der Waals surface area contributed by atoms with Crippen LogP contribution in [-0.4, -0.2) is 20.3 Å². The second kappa shape index (κ2) is 6.84. The summed E-state index contributed by atoms with van der Waals surface area (Å²) in [6, 6.07) is 1.59. The second-order valence-corrected chi connectivity index (χ2v) is 8.57. The van der Waals surface area contributed by atoms with Crippen molar-refractivity contribution in [2.45, 2.75) is 51.1 Å². The zero-order valence-electron chi connectivity index (χ0n) is 13.5. The smallest absolute Gasteiger partial charge is 0.242 e. The van der Waals surface area contributed by atoms with Gasteiger partial charge in [-0.15, -0.1) is 0 Å². The van der Waals surface area contributed by atoms with Gasteiger partial charge < -0.3 is 0 Å². The molecule has 0 aromatic heterocycles. The Bertz CT molecular complexity index is 580. The van der Waals surface area contributed by atoms with Gasteiger partial charge in [-0.2, -0.15) is 13.2 Å². The van der Waals surface area contributed by atoms with Crippen molar-refractivity contribution in [3.05, 3.63) is 34.9 Å². The number of benzene rings is 1. The highest BCUT2D eigenvalue weighted by Gasteiger charge is 2.34. The fourth-order valence-electron chi connectivity index (χ4n) is 1.99. The molecule has 0 amide bonds. The molecule has 0 aliphatic carbocycles. The maximum atomic E-state index is 12.9. The van der Waals surface area contributed by atoms with Gasteiger partial charge in [0.2, 0.25) is 0 Å². The first-order valence-electron chi connectivity index (χ1n) is 6.90. The van der Waals surface area contributed by atoms with Crippen LogP contribution in [0.5, 0.6) is 0 Å². The minimum Gasteiger partial charge on any atom is -0.242 e. The van der Waals surface area contributed by atoms with E-state index >= 15 is 0 Å². The van der Waals surface area contributed by atoms with E-state index in [-0.39, 0.29) is 5.56 Å². The van der Waals surface area contributed by atoms with Gasteiger partial charge in [0.25, 0.3) is 6.43 Å². The summed E-state index contributed by atoms with van der Waals surface area (Å²) in [5.74, 6) is 0. The summed E-state index contributed by atoms with van der Waals surface area (Å²) >= 11 is 0. The summed E-state index contributed by atoms with van der Waals surface area (Å²) in [7, 11) is 0.00122. The molecule has 2 atom stereocenters. The zero-order valence-corrected chi connectivity index (χ0v) is 14.4. The number of hydrogen-bond donors (Lipinski definition) is 0. The highest BCUT2D eigenvalue weighted by atomic mass is 32.2. The Morgan fingerprint density at radius 1 is 1.04 bits per heavy atom. The van der Waals surface area contributed by atoms with Crippen molar-refractivity contribution in [3.8, 4) is 0 Å². The molecule has 1 rings (SSSR count). The van der Waals surface area contributed by atoms with Crippen molar-refractivity contribution in [2.24, 2.45) is 0 Å². The Balaban J connectivity index is 3.30. The lowest BCUT2D eigenvalue weighted by molar-refractivity contribution is -0.137. The Hall–Kier alpha value is -1.02. The van der Waals surface area contributed by atoms with Gasteiger partial charge in [-0.3, -0.25) is 0 Å². The third-order valence-corrected chi connectivity index (χ3v) is 5.26. The van der Waals surface area contributed by atoms with Crippen LogP contribution >= 0.6 is 0 Å². The highest BCUT2D eigenvalue weighted by molar-refractivity contribution is 7.84. The highest BCUT2D eigenvalue weighted by Crippen LogP contribution is 2.36. The molecule has 0 saturated carbocycles. The number of rotatable bonds is 4. The normalized spacial score (nSPS) is 16.0. The predicted molar refractivity (Wildman–Crippen MR) is 80.5 cm³/mol. The van der Waals surface area contributed by atoms with Crippen LogP contribution < -0.4 is 0 Å². The molecule has 0 heterocycles. The van der Waals surface area contributed by atoms with Crippen LogP contribution in [0.1, 0.15) is 56.9 Å². The van der Waals surface area contributed by atoms with E-state index in [2.05, 4.69) is 0 Å². The van der Waals surface area contributed by atoms with Crippen molar-refractivity contribution in [1.29, 1.82) is 0 Å². The van der Waals surface area contributed by atoms with Crippen LogP contribution in [0.3, 0.4) is 0 Å². The molecule has 0 aliphatic heterocycles. The average Bonchev–Trinajstić information content (AvgIpc) is 2.42. The molecule has 0 spiro atoms. The second-order valence-electron chi connectivity index (χ2n) is 6.27. The van der Waals surface area contributed by atoms with E-state index in [9.17, 15) is 26.2 Å². The van der Waals surface area contributed by atoms with Crippen molar-refractivity contribution in [1.82, 2.24) is 4.31 Å². The quantitative estimate of drug-likeness (QED) is 0.687. The maximum Gasteiger partial charge on any atom is 0.416 e. The molecule has 0 saturated heterocycles. The van der Waals surface area contributed by atoms with Crippen LogP contribution in [0.15, 0.2) is 18.2 Å². The standard InChI is InChI=1S/C15H20F5NOS/c1-9(21(5)23(22)14(2,3)4)10-6-11(13(16)17)8-12(7-10)15(18,19)20/h6-9,13H,1-5H3/t9-,23?/m1/s1. The topological polar surface area (TPSA) is 20.3 Å². The third-order valence-electron chi connectivity index (χ3n) is 3.37. The zero-order chi connectivity index (χ0) is 18.2. The Kier molecular flexibility index (Phi) is 5.96. The summed E-state index contributed by atoms with van der Waals surface area (Å²) in [5.41, 5.74) is -1.78. The summed E-state index contributed by atoms with van der Waals surface area (Å²) in [5, 5.41) is 0. The van der Waals surface area contributed by atoms with E-state index in [1.165, 1.54) is 18.3 Å². The van der Waals surface area contributed by atoms with Crippen LogP contribution in [0.2, 0.25) is 0 Å². The van der Waals surface area contributed by atoms with E-state index in [4.69, 9.17) is 0 Å². The Labute approximate surface area is 135 Å². The summed E-state index contributed by atoms with van der Waals surface area (Å²) in [6.07, 6.45) is -7.73. The molecule has 23 heavy (non-hydrogen) atoms. The number of nitrogens with zero attached hydrogens (tertiary/aromatic N) is 1. The summed E-state index contributed by atoms with van der Waals surface area (Å²) in [6.45, 7) is 6.71. The lowest BCUT2D eigenvalue weighted by atomic mass is 10.0. The van der Waals surface area contributed by atoms with Crippen molar-refractivity contribution < 1.29 is 26.2 Å². The van der Waals surface area contributed by atoms with Crippen LogP contribution in [0, 0.1) is 0 Å². The number of halogens is 5. The van der Waals surface area contributed by atoms with Gasteiger partial charge in [-0.25, -0.2) is 17.3 Å². The summed E-state index contributed by atoms with van der Waals surface area (Å²) in [4.78, 5) is 0. The molecule has 1 unspecified atom stereocenters. The van der Waals surface area contributed by atoms with Gasteiger partial charge in [0.05, 0.1) is 21.3 Å². The molecule has 132 valence electrons. The average molecular weight is 357 g/mol. The Morgan fingerprint density at radius 2 is 1.52 bits per heavy atom. The van der Waals surface area contributed by atoms with Gasteiger partial charge in [0.1, 0.15) is 0 Å². The van der Waals surface area contributed by atoms with Crippen LogP contribution in [-0.2, 0) is 17.2 Å². The van der Waals surface area contributed by atoms with Crippen molar-refractivity contribution in [3.63, 3.8) is 0 Å². The minimum atomic E-state index is -4.72. The summed E-state index contributed by atoms with van der Waals surface area (Å²) < 4.78 is 77.6. The predicted octanol–water partition coefficient (Wildman–Crippen LogP) is 5.10. The molecule has 1 aromatic carbocycles. The molecule has 8 heteroatoms. The fraction of sp³-hybridized carbons (Fsp3) is 0.600. The van der Waals surface area contributed by atoms with Crippen molar-refractivity contribution in [2.75, 3.05) is 7.05 Å². The molecule has 2 nitrogen and oxygen atoms in total. The van der Waals surface area contributed by atoms with E-state index in [1.54, 1.807) is 20.8 Å². The fourth-order valence-corrected chi connectivity index (χ4v) is 3.27. The van der Waals surface area contributed by atoms with Crippen molar-refractivity contribution >= 4 is 11.0 Å². The first kappa shape index (κ1) is 20.0. The first-order valence-corrected chi connectivity index (χ1v) is 8.01. The molecule has 0 bridgehead atoms. The van der Waals surface area contributed by atoms with Crippen LogP contribution in [0.25, 0.3) is 0 Å². The molecule has 1 aromatic rings. The van der Waals surface area contributed by atoms with Gasteiger partial charge in [0.15, 0.2) is 0 Å². The maximum absolute atomic E-state index is 12.9. The lowest BCUT2D eigenvalue weighted by Gasteiger charge is -2.31. The largest absolute Gasteiger partial charge is 0.416 e. The third kappa shape index (κ3) is 4.97. The van der Waals surface area contributed by atoms with E-state index in [0.717, 1.165) is 12.1 Å². The number of hydrogen-bond acceptors (Lipinski definition) is 1. The monoisotopic (exact) mass is 357 g/mol. The number of alkyl halides is 5. The molecule has 0 N–H and O–H groups in total. The van der Waals surface area contributed by atoms with E-state index in [1.807, 2.05) is 0 Å². The molecule has 0 radical (unpaired) electrons. The molecular formula is C15H20F5NOS. The van der Waals surface area contributed by atoms with Gasteiger partial charge in [-0.05, 0) is 51.5 Å². The Morgan fingerprint density at radius 3 is 1.91 bits per heavy atom. The van der Waals surface area contributed by atoms with E-state index in [0.29, 0.717) is 6.07 Å². The lowest BCUT2D eigenvalue weighted by Crippen LogP contribution is -2.36. The molecular weight excluding hydrogens is 337 g/mol. The molecule has 0 aliphatic rings. The van der Waals surface area contributed by atoms with Gasteiger partial charge in [-0.1, -0.05) is 0 Å². The van der Waals surface area contributed by atoms with Gasteiger partial charge >= 0.3 is 6.18 Å². The SMILES string of the molecule is C[C@H](c1cc(C(F)F)cc(C(F)(F)F)c1)N(C)S(=O)C(C)(C)C. The van der Waals surface area contributed by atoms with Gasteiger partial charge in [0, 0.05) is 18.7 Å². The minimum absolute atomic E-state index is 0.0511.